The number of nitrogens with zero attached hydrogens (tertiary/aromatic N) is 2. The fraction of sp³-hybridized carbons (Fsp3) is 0.154. The molecule has 0 aliphatic carbocycles. The van der Waals surface area contributed by atoms with Crippen molar-refractivity contribution >= 4 is 22.0 Å². The molecule has 0 atom stereocenters. The van der Waals surface area contributed by atoms with Gasteiger partial charge in [0.25, 0.3) is 0 Å². The van der Waals surface area contributed by atoms with Gasteiger partial charge in [-0.2, -0.15) is 5.26 Å². The highest BCUT2D eigenvalue weighted by Gasteiger charge is 2.21. The van der Waals surface area contributed by atoms with E-state index in [0.29, 0.717) is 11.3 Å². The van der Waals surface area contributed by atoms with Gasteiger partial charge in [0, 0.05) is 12.4 Å². The number of aromatic nitrogens is 1. The predicted octanol–water partition coefficient (Wildman–Crippen LogP) is 2.80. The predicted molar refractivity (Wildman–Crippen MR) is 64.0 cm³/mol. The Bertz CT molecular complexity index is 759. The van der Waals surface area contributed by atoms with Crippen molar-refractivity contribution in [3.8, 4) is 11.8 Å². The van der Waals surface area contributed by atoms with Gasteiger partial charge in [0.1, 0.15) is 11.6 Å². The maximum atomic E-state index is 9.00. The fourth-order valence-corrected chi connectivity index (χ4v) is 2.24. The van der Waals surface area contributed by atoms with E-state index in [-0.39, 0.29) is 5.76 Å². The van der Waals surface area contributed by atoms with Crippen LogP contribution in [0.5, 0.6) is 5.75 Å². The monoisotopic (exact) mass is 226 g/mol. The van der Waals surface area contributed by atoms with Crippen LogP contribution >= 0.6 is 0 Å². The summed E-state index contributed by atoms with van der Waals surface area (Å²) in [5.41, 5.74) is 2.59. The van der Waals surface area contributed by atoms with Crippen LogP contribution in [-0.2, 0) is 7.05 Å². The maximum absolute atomic E-state index is 9.00. The van der Waals surface area contributed by atoms with Crippen molar-refractivity contribution in [3.63, 3.8) is 0 Å². The Hall–Kier alpha value is -2.41. The van der Waals surface area contributed by atoms with Gasteiger partial charge in [-0.3, -0.25) is 0 Å². The van der Waals surface area contributed by atoms with E-state index in [2.05, 4.69) is 0 Å². The third kappa shape index (κ3) is 1.11. The highest BCUT2D eigenvalue weighted by molar-refractivity contribution is 6.07. The zero-order chi connectivity index (χ0) is 12.0. The summed E-state index contributed by atoms with van der Waals surface area (Å²) in [5.74, 6) is 0.722. The molecule has 3 aromatic rings. The summed E-state index contributed by atoms with van der Waals surface area (Å²) in [7, 11) is 3.48. The largest absolute Gasteiger partial charge is 0.490 e. The topological polar surface area (TPSA) is 51.1 Å². The second-order valence-corrected chi connectivity index (χ2v) is 3.83. The number of furan rings is 1. The van der Waals surface area contributed by atoms with Gasteiger partial charge in [-0.05, 0) is 12.1 Å². The average molecular weight is 226 g/mol. The van der Waals surface area contributed by atoms with Crippen LogP contribution in [0.4, 0.5) is 0 Å². The first kappa shape index (κ1) is 9.79. The molecule has 0 fully saturated rings. The van der Waals surface area contributed by atoms with E-state index in [1.165, 1.54) is 0 Å². The number of fused-ring (bicyclic) bond motifs is 3. The Morgan fingerprint density at radius 2 is 2.12 bits per heavy atom. The van der Waals surface area contributed by atoms with Crippen LogP contribution in [-0.4, -0.2) is 11.7 Å². The standard InChI is InChI=1S/C13H10N2O2/c1-15-9-6-4-3-5-8(9)12-11(15)13(16-2)10(7-14)17-12/h3-6H,1-2H3. The average Bonchev–Trinajstić information content (AvgIpc) is 2.87. The van der Waals surface area contributed by atoms with E-state index >= 15 is 0 Å². The summed E-state index contributed by atoms with van der Waals surface area (Å²) in [5, 5.41) is 9.99. The van der Waals surface area contributed by atoms with Crippen molar-refractivity contribution in [2.45, 2.75) is 0 Å². The van der Waals surface area contributed by atoms with Gasteiger partial charge in [-0.1, -0.05) is 12.1 Å². The molecule has 2 aromatic heterocycles. The van der Waals surface area contributed by atoms with Crippen LogP contribution in [0.1, 0.15) is 5.76 Å². The summed E-state index contributed by atoms with van der Waals surface area (Å²) in [6.45, 7) is 0. The van der Waals surface area contributed by atoms with Crippen molar-refractivity contribution in [1.29, 1.82) is 5.26 Å². The highest BCUT2D eigenvalue weighted by Crippen LogP contribution is 2.38. The minimum absolute atomic E-state index is 0.221. The molecule has 17 heavy (non-hydrogen) atoms. The molecule has 4 nitrogen and oxygen atoms in total. The zero-order valence-electron chi connectivity index (χ0n) is 9.52. The van der Waals surface area contributed by atoms with E-state index in [1.54, 1.807) is 7.11 Å². The number of methoxy groups -OCH3 is 1. The molecular weight excluding hydrogens is 216 g/mol. The van der Waals surface area contributed by atoms with Gasteiger partial charge in [-0.15, -0.1) is 0 Å². The number of nitriles is 1. The second-order valence-electron chi connectivity index (χ2n) is 3.83. The Morgan fingerprint density at radius 1 is 1.35 bits per heavy atom. The first-order valence-electron chi connectivity index (χ1n) is 5.22. The number of benzene rings is 1. The Kier molecular flexibility index (Phi) is 1.89. The molecule has 0 aliphatic heterocycles. The van der Waals surface area contributed by atoms with Crippen molar-refractivity contribution < 1.29 is 9.15 Å². The SMILES string of the molecule is COc1c(C#N)oc2c3ccccc3n(C)c12. The lowest BCUT2D eigenvalue weighted by molar-refractivity contribution is 0.405. The van der Waals surface area contributed by atoms with Crippen molar-refractivity contribution in [2.24, 2.45) is 7.05 Å². The lowest BCUT2D eigenvalue weighted by atomic mass is 10.2. The number of hydrogen-bond acceptors (Lipinski definition) is 3. The third-order valence-corrected chi connectivity index (χ3v) is 2.99. The first-order chi connectivity index (χ1) is 8.27. The van der Waals surface area contributed by atoms with Gasteiger partial charge in [0.15, 0.2) is 11.3 Å². The van der Waals surface area contributed by atoms with Gasteiger partial charge in [0.2, 0.25) is 5.76 Å². The van der Waals surface area contributed by atoms with Crippen LogP contribution < -0.4 is 4.74 Å². The Labute approximate surface area is 97.6 Å². The van der Waals surface area contributed by atoms with E-state index in [9.17, 15) is 0 Å². The Balaban J connectivity index is 2.58. The van der Waals surface area contributed by atoms with Crippen molar-refractivity contribution in [3.05, 3.63) is 30.0 Å². The normalized spacial score (nSPS) is 10.9. The number of rotatable bonds is 1. The molecule has 2 heterocycles. The van der Waals surface area contributed by atoms with E-state index < -0.39 is 0 Å². The van der Waals surface area contributed by atoms with Gasteiger partial charge >= 0.3 is 0 Å². The van der Waals surface area contributed by atoms with Crippen molar-refractivity contribution in [1.82, 2.24) is 4.57 Å². The van der Waals surface area contributed by atoms with Gasteiger partial charge in [-0.25, -0.2) is 0 Å². The first-order valence-corrected chi connectivity index (χ1v) is 5.22. The molecule has 0 N–H and O–H groups in total. The number of aryl methyl sites for hydroxylation is 1. The fourth-order valence-electron chi connectivity index (χ4n) is 2.24. The number of ether oxygens (including phenoxy) is 1. The molecule has 0 spiro atoms. The number of hydrogen-bond donors (Lipinski definition) is 0. The lowest BCUT2D eigenvalue weighted by Gasteiger charge is -1.99. The molecule has 0 bridgehead atoms. The summed E-state index contributed by atoms with van der Waals surface area (Å²) >= 11 is 0. The van der Waals surface area contributed by atoms with Gasteiger partial charge < -0.3 is 13.7 Å². The van der Waals surface area contributed by atoms with Crippen LogP contribution in [0.15, 0.2) is 28.7 Å². The molecule has 0 saturated carbocycles. The highest BCUT2D eigenvalue weighted by atomic mass is 16.5. The molecule has 0 aliphatic rings. The molecule has 0 unspecified atom stereocenters. The quantitative estimate of drug-likeness (QED) is 0.641. The van der Waals surface area contributed by atoms with Crippen molar-refractivity contribution in [2.75, 3.05) is 7.11 Å². The van der Waals surface area contributed by atoms with E-state index in [1.807, 2.05) is 41.9 Å². The van der Waals surface area contributed by atoms with Gasteiger partial charge in [0.05, 0.1) is 12.6 Å². The number of para-hydroxylation sites is 1. The molecule has 4 heteroatoms. The summed E-state index contributed by atoms with van der Waals surface area (Å²) < 4.78 is 12.8. The molecule has 0 radical (unpaired) electrons. The molecule has 1 aromatic carbocycles. The third-order valence-electron chi connectivity index (χ3n) is 2.99. The second kappa shape index (κ2) is 3.29. The Morgan fingerprint density at radius 3 is 2.82 bits per heavy atom. The van der Waals surface area contributed by atoms with Crippen LogP contribution in [0.25, 0.3) is 22.0 Å². The van der Waals surface area contributed by atoms with Crippen LogP contribution in [0.3, 0.4) is 0 Å². The van der Waals surface area contributed by atoms with E-state index in [0.717, 1.165) is 16.4 Å². The van der Waals surface area contributed by atoms with Crippen LogP contribution in [0.2, 0.25) is 0 Å². The summed E-state index contributed by atoms with van der Waals surface area (Å²) in [6.07, 6.45) is 0. The molecule has 0 amide bonds. The summed E-state index contributed by atoms with van der Waals surface area (Å²) in [4.78, 5) is 0. The minimum atomic E-state index is 0.221. The zero-order valence-corrected chi connectivity index (χ0v) is 9.52. The molecular formula is C13H10N2O2. The van der Waals surface area contributed by atoms with Crippen LogP contribution in [0, 0.1) is 11.3 Å². The minimum Gasteiger partial charge on any atom is -0.490 e. The summed E-state index contributed by atoms with van der Waals surface area (Å²) in [6, 6.07) is 9.91. The molecule has 0 saturated heterocycles. The van der Waals surface area contributed by atoms with E-state index in [4.69, 9.17) is 14.4 Å². The molecule has 3 rings (SSSR count). The maximum Gasteiger partial charge on any atom is 0.248 e. The lowest BCUT2D eigenvalue weighted by Crippen LogP contribution is -1.90. The smallest absolute Gasteiger partial charge is 0.248 e. The molecule has 84 valence electrons.